The Morgan fingerprint density at radius 3 is 2.73 bits per heavy atom. The van der Waals surface area contributed by atoms with Crippen LogP contribution in [0.5, 0.6) is 0 Å². The van der Waals surface area contributed by atoms with E-state index in [0.29, 0.717) is 6.04 Å². The Labute approximate surface area is 98.9 Å². The van der Waals surface area contributed by atoms with Gasteiger partial charge in [-0.2, -0.15) is 0 Å². The lowest BCUT2D eigenvalue weighted by Gasteiger charge is -2.37. The zero-order chi connectivity index (χ0) is 11.2. The van der Waals surface area contributed by atoms with Gasteiger partial charge < -0.3 is 4.90 Å². The SMILES string of the molecule is C=C1C=C([Si](C)(C)C)C(=S)N2CCCC12. The first-order valence-corrected chi connectivity index (χ1v) is 9.54. The Kier molecular flexibility index (Phi) is 2.63. The third-order valence-electron chi connectivity index (χ3n) is 3.31. The molecule has 0 radical (unpaired) electrons. The van der Waals surface area contributed by atoms with Gasteiger partial charge in [-0.1, -0.05) is 44.5 Å². The zero-order valence-electron chi connectivity index (χ0n) is 9.84. The van der Waals surface area contributed by atoms with Gasteiger partial charge in [-0.05, 0) is 23.6 Å². The first-order chi connectivity index (χ1) is 6.91. The number of rotatable bonds is 1. The minimum Gasteiger partial charge on any atom is -0.356 e. The fraction of sp³-hybridized carbons (Fsp3) is 0.583. The molecule has 15 heavy (non-hydrogen) atoms. The van der Waals surface area contributed by atoms with Crippen molar-refractivity contribution in [3.05, 3.63) is 23.4 Å². The van der Waals surface area contributed by atoms with E-state index >= 15 is 0 Å². The van der Waals surface area contributed by atoms with Crippen molar-refractivity contribution >= 4 is 25.3 Å². The van der Waals surface area contributed by atoms with Crippen molar-refractivity contribution < 1.29 is 0 Å². The highest BCUT2D eigenvalue weighted by Crippen LogP contribution is 2.34. The van der Waals surface area contributed by atoms with E-state index in [9.17, 15) is 0 Å². The van der Waals surface area contributed by atoms with E-state index in [-0.39, 0.29) is 0 Å². The summed E-state index contributed by atoms with van der Waals surface area (Å²) >= 11 is 5.62. The fourth-order valence-electron chi connectivity index (χ4n) is 2.43. The summed E-state index contributed by atoms with van der Waals surface area (Å²) in [6.07, 6.45) is 4.77. The summed E-state index contributed by atoms with van der Waals surface area (Å²) in [6, 6.07) is 0.512. The monoisotopic (exact) mass is 237 g/mol. The Morgan fingerprint density at radius 1 is 1.47 bits per heavy atom. The molecule has 2 rings (SSSR count). The molecule has 1 unspecified atom stereocenters. The molecule has 0 aromatic heterocycles. The Balaban J connectivity index is 2.39. The minimum atomic E-state index is -1.30. The van der Waals surface area contributed by atoms with Crippen molar-refractivity contribution in [1.82, 2.24) is 4.90 Å². The third-order valence-corrected chi connectivity index (χ3v) is 5.94. The molecular weight excluding hydrogens is 218 g/mol. The van der Waals surface area contributed by atoms with Crippen LogP contribution < -0.4 is 0 Å². The van der Waals surface area contributed by atoms with Gasteiger partial charge in [-0.3, -0.25) is 0 Å². The number of fused-ring (bicyclic) bond motifs is 1. The molecule has 0 bridgehead atoms. The lowest BCUT2D eigenvalue weighted by molar-refractivity contribution is 0.440. The lowest BCUT2D eigenvalue weighted by atomic mass is 10.0. The normalized spacial score (nSPS) is 26.7. The number of hydrogen-bond donors (Lipinski definition) is 0. The predicted molar refractivity (Wildman–Crippen MR) is 72.9 cm³/mol. The summed E-state index contributed by atoms with van der Waals surface area (Å²) in [5, 5.41) is 1.42. The smallest absolute Gasteiger partial charge is 0.101 e. The quantitative estimate of drug-likeness (QED) is 0.509. The highest BCUT2D eigenvalue weighted by Gasteiger charge is 2.36. The van der Waals surface area contributed by atoms with E-state index in [1.165, 1.54) is 23.6 Å². The molecule has 1 fully saturated rings. The molecule has 0 aromatic carbocycles. The maximum Gasteiger partial charge on any atom is 0.101 e. The highest BCUT2D eigenvalue weighted by molar-refractivity contribution is 7.81. The van der Waals surface area contributed by atoms with Gasteiger partial charge in [0.05, 0.1) is 14.1 Å². The van der Waals surface area contributed by atoms with E-state index < -0.39 is 8.07 Å². The van der Waals surface area contributed by atoms with Crippen LogP contribution in [0, 0.1) is 0 Å². The van der Waals surface area contributed by atoms with Gasteiger partial charge in [0.25, 0.3) is 0 Å². The molecular formula is C12H19NSSi. The van der Waals surface area contributed by atoms with E-state index in [2.05, 4.69) is 37.2 Å². The van der Waals surface area contributed by atoms with Crippen molar-refractivity contribution in [3.8, 4) is 0 Å². The van der Waals surface area contributed by atoms with Crippen LogP contribution in [0.3, 0.4) is 0 Å². The molecule has 0 aliphatic carbocycles. The third kappa shape index (κ3) is 1.83. The number of hydrogen-bond acceptors (Lipinski definition) is 1. The minimum absolute atomic E-state index is 0.512. The lowest BCUT2D eigenvalue weighted by Crippen LogP contribution is -2.45. The average molecular weight is 237 g/mol. The summed E-state index contributed by atoms with van der Waals surface area (Å²) in [5.41, 5.74) is 1.28. The Hall–Kier alpha value is -0.413. The molecule has 0 amide bonds. The number of thiocarbonyl (C=S) groups is 1. The molecule has 82 valence electrons. The molecule has 2 aliphatic rings. The zero-order valence-corrected chi connectivity index (χ0v) is 11.7. The van der Waals surface area contributed by atoms with E-state index in [1.54, 1.807) is 0 Å². The van der Waals surface area contributed by atoms with Crippen molar-refractivity contribution in [2.45, 2.75) is 38.5 Å². The van der Waals surface area contributed by atoms with E-state index in [0.717, 1.165) is 11.5 Å². The average Bonchev–Trinajstić information content (AvgIpc) is 2.58. The molecule has 3 heteroatoms. The van der Waals surface area contributed by atoms with Crippen molar-refractivity contribution in [1.29, 1.82) is 0 Å². The van der Waals surface area contributed by atoms with Crippen LogP contribution in [0.2, 0.25) is 19.6 Å². The maximum absolute atomic E-state index is 5.62. The molecule has 0 aromatic rings. The Bertz CT molecular complexity index is 351. The molecule has 1 atom stereocenters. The fourth-order valence-corrected chi connectivity index (χ4v) is 5.03. The molecule has 0 N–H and O–H groups in total. The van der Waals surface area contributed by atoms with Gasteiger partial charge >= 0.3 is 0 Å². The van der Waals surface area contributed by atoms with E-state index in [4.69, 9.17) is 12.2 Å². The predicted octanol–water partition coefficient (Wildman–Crippen LogP) is 3.15. The van der Waals surface area contributed by atoms with Crippen LogP contribution in [0.4, 0.5) is 0 Å². The largest absolute Gasteiger partial charge is 0.356 e. The van der Waals surface area contributed by atoms with E-state index in [1.807, 2.05) is 0 Å². The Morgan fingerprint density at radius 2 is 2.13 bits per heavy atom. The summed E-state index contributed by atoms with van der Waals surface area (Å²) in [5.74, 6) is 0. The van der Waals surface area contributed by atoms with Gasteiger partial charge in [0, 0.05) is 6.54 Å². The summed E-state index contributed by atoms with van der Waals surface area (Å²) in [4.78, 5) is 3.51. The first-order valence-electron chi connectivity index (χ1n) is 5.63. The first kappa shape index (κ1) is 11.1. The highest BCUT2D eigenvalue weighted by atomic mass is 32.1. The van der Waals surface area contributed by atoms with Gasteiger partial charge in [0.2, 0.25) is 0 Å². The summed E-state index contributed by atoms with van der Waals surface area (Å²) < 4.78 is 0. The second-order valence-corrected chi connectivity index (χ2v) is 11.0. The maximum atomic E-state index is 5.62. The molecule has 1 saturated heterocycles. The topological polar surface area (TPSA) is 3.24 Å². The standard InChI is InChI=1S/C12H19NSSi/c1-9-8-11(15(2,3)4)12(14)13-7-5-6-10(9)13/h8,10H,1,5-7H2,2-4H3. The second-order valence-electron chi connectivity index (χ2n) is 5.54. The van der Waals surface area contributed by atoms with Crippen LogP contribution in [-0.4, -0.2) is 30.5 Å². The summed E-state index contributed by atoms with van der Waals surface area (Å²) in [6.45, 7) is 12.4. The van der Waals surface area contributed by atoms with Gasteiger partial charge in [0.15, 0.2) is 0 Å². The van der Waals surface area contributed by atoms with Crippen molar-refractivity contribution in [2.24, 2.45) is 0 Å². The van der Waals surface area contributed by atoms with Crippen LogP contribution in [0.15, 0.2) is 23.4 Å². The van der Waals surface area contributed by atoms with Crippen LogP contribution in [0.25, 0.3) is 0 Å². The molecule has 1 nitrogen and oxygen atoms in total. The van der Waals surface area contributed by atoms with Crippen LogP contribution >= 0.6 is 12.2 Å². The molecule has 0 spiro atoms. The van der Waals surface area contributed by atoms with Crippen LogP contribution in [-0.2, 0) is 0 Å². The van der Waals surface area contributed by atoms with Crippen molar-refractivity contribution in [3.63, 3.8) is 0 Å². The van der Waals surface area contributed by atoms with Crippen molar-refractivity contribution in [2.75, 3.05) is 6.54 Å². The number of nitrogens with zero attached hydrogens (tertiary/aromatic N) is 1. The molecule has 2 aliphatic heterocycles. The van der Waals surface area contributed by atoms with Gasteiger partial charge in [0.1, 0.15) is 4.99 Å². The van der Waals surface area contributed by atoms with Crippen LogP contribution in [0.1, 0.15) is 12.8 Å². The molecule has 0 saturated carbocycles. The second kappa shape index (κ2) is 3.56. The van der Waals surface area contributed by atoms with Gasteiger partial charge in [-0.25, -0.2) is 0 Å². The van der Waals surface area contributed by atoms with Gasteiger partial charge in [-0.15, -0.1) is 0 Å². The summed E-state index contributed by atoms with van der Waals surface area (Å²) in [7, 11) is -1.30. The molecule has 2 heterocycles.